The molecule has 22 heavy (non-hydrogen) atoms. The van der Waals surface area contributed by atoms with Crippen molar-refractivity contribution in [2.75, 3.05) is 19.7 Å². The summed E-state index contributed by atoms with van der Waals surface area (Å²) >= 11 is 11.9. The summed E-state index contributed by atoms with van der Waals surface area (Å²) in [6.07, 6.45) is 0.252. The second kappa shape index (κ2) is 7.11. The molecule has 2 rings (SSSR count). The van der Waals surface area contributed by atoms with E-state index in [1.54, 1.807) is 13.0 Å². The first-order valence-electron chi connectivity index (χ1n) is 6.87. The van der Waals surface area contributed by atoms with Gasteiger partial charge in [-0.2, -0.15) is 0 Å². The first-order valence-corrected chi connectivity index (χ1v) is 7.63. The maximum Gasteiger partial charge on any atom is 0.316 e. The lowest BCUT2D eigenvalue weighted by molar-refractivity contribution is -0.153. The van der Waals surface area contributed by atoms with E-state index in [9.17, 15) is 14.4 Å². The number of likely N-dealkylation sites (tertiary alicyclic amines) is 1. The van der Waals surface area contributed by atoms with Gasteiger partial charge in [-0.25, -0.2) is 0 Å². The minimum absolute atomic E-state index is 0.134. The van der Waals surface area contributed by atoms with E-state index in [4.69, 9.17) is 27.9 Å². The summed E-state index contributed by atoms with van der Waals surface area (Å²) in [6, 6.07) is 4.58. The van der Waals surface area contributed by atoms with Crippen molar-refractivity contribution in [2.45, 2.75) is 13.3 Å². The molecule has 0 aromatic heterocycles. The highest BCUT2D eigenvalue weighted by Crippen LogP contribution is 2.24. The topological polar surface area (TPSA) is 63.7 Å². The monoisotopic (exact) mass is 343 g/mol. The smallest absolute Gasteiger partial charge is 0.316 e. The van der Waals surface area contributed by atoms with Crippen molar-refractivity contribution >= 4 is 40.9 Å². The highest BCUT2D eigenvalue weighted by molar-refractivity contribution is 6.35. The molecule has 1 amide bonds. The molecule has 118 valence electrons. The van der Waals surface area contributed by atoms with Gasteiger partial charge in [-0.1, -0.05) is 23.2 Å². The molecular formula is C15H15Cl2NO4. The number of ketones is 1. The lowest BCUT2D eigenvalue weighted by atomic mass is 9.95. The Morgan fingerprint density at radius 2 is 2.09 bits per heavy atom. The number of esters is 1. The number of ether oxygens (including phenoxy) is 1. The SMILES string of the molecule is CCOC(=O)C1CCN(C(=O)c2cc(Cl)ccc2Cl)CC1=O. The average Bonchev–Trinajstić information content (AvgIpc) is 2.49. The Morgan fingerprint density at radius 3 is 2.73 bits per heavy atom. The van der Waals surface area contributed by atoms with Crippen molar-refractivity contribution in [1.29, 1.82) is 0 Å². The maximum absolute atomic E-state index is 12.4. The Kier molecular flexibility index (Phi) is 5.42. The normalized spacial score (nSPS) is 18.2. The molecule has 1 aliphatic rings. The number of hydrogen-bond donors (Lipinski definition) is 0. The lowest BCUT2D eigenvalue weighted by Crippen LogP contribution is -2.46. The Morgan fingerprint density at radius 1 is 1.36 bits per heavy atom. The van der Waals surface area contributed by atoms with Crippen molar-refractivity contribution in [1.82, 2.24) is 4.90 Å². The predicted molar refractivity (Wildman–Crippen MR) is 82.1 cm³/mol. The van der Waals surface area contributed by atoms with E-state index in [1.165, 1.54) is 17.0 Å². The molecule has 5 nitrogen and oxygen atoms in total. The van der Waals surface area contributed by atoms with Crippen LogP contribution in [0.3, 0.4) is 0 Å². The molecule has 0 spiro atoms. The molecule has 1 fully saturated rings. The zero-order chi connectivity index (χ0) is 16.3. The van der Waals surface area contributed by atoms with Crippen LogP contribution < -0.4 is 0 Å². The van der Waals surface area contributed by atoms with Crippen molar-refractivity contribution in [3.8, 4) is 0 Å². The molecule has 1 heterocycles. The summed E-state index contributed by atoms with van der Waals surface area (Å²) in [6.45, 7) is 2.06. The minimum Gasteiger partial charge on any atom is -0.465 e. The lowest BCUT2D eigenvalue weighted by Gasteiger charge is -2.30. The number of benzene rings is 1. The summed E-state index contributed by atoms with van der Waals surface area (Å²) in [4.78, 5) is 37.5. The zero-order valence-corrected chi connectivity index (χ0v) is 13.5. The third-order valence-corrected chi connectivity index (χ3v) is 4.00. The molecule has 0 N–H and O–H groups in total. The molecule has 1 unspecified atom stereocenters. The fraction of sp³-hybridized carbons (Fsp3) is 0.400. The predicted octanol–water partition coefficient (Wildman–Crippen LogP) is 2.59. The third-order valence-electron chi connectivity index (χ3n) is 3.44. The molecule has 1 atom stereocenters. The van der Waals surface area contributed by atoms with Crippen LogP contribution in [0.1, 0.15) is 23.7 Å². The van der Waals surface area contributed by atoms with Crippen LogP contribution in [0.15, 0.2) is 18.2 Å². The van der Waals surface area contributed by atoms with Gasteiger partial charge < -0.3 is 9.64 Å². The van der Waals surface area contributed by atoms with Crippen LogP contribution >= 0.6 is 23.2 Å². The van der Waals surface area contributed by atoms with Crippen molar-refractivity contribution in [3.63, 3.8) is 0 Å². The first kappa shape index (κ1) is 16.8. The van der Waals surface area contributed by atoms with E-state index in [0.29, 0.717) is 5.02 Å². The number of hydrogen-bond acceptors (Lipinski definition) is 4. The van der Waals surface area contributed by atoms with Gasteiger partial charge >= 0.3 is 5.97 Å². The number of carbonyl (C=O) groups excluding carboxylic acids is 3. The minimum atomic E-state index is -0.793. The Balaban J connectivity index is 2.10. The van der Waals surface area contributed by atoms with Crippen LogP contribution in [0.4, 0.5) is 0 Å². The van der Waals surface area contributed by atoms with Crippen LogP contribution in [-0.4, -0.2) is 42.3 Å². The summed E-state index contributed by atoms with van der Waals surface area (Å²) in [7, 11) is 0. The molecule has 1 aromatic rings. The number of rotatable bonds is 3. The Hall–Kier alpha value is -1.59. The Bertz CT molecular complexity index is 618. The Labute approximate surface area is 138 Å². The van der Waals surface area contributed by atoms with E-state index in [-0.39, 0.29) is 48.4 Å². The fourth-order valence-corrected chi connectivity index (χ4v) is 2.69. The van der Waals surface area contributed by atoms with E-state index < -0.39 is 11.9 Å². The highest BCUT2D eigenvalue weighted by Gasteiger charge is 2.35. The van der Waals surface area contributed by atoms with Crippen LogP contribution in [0.5, 0.6) is 0 Å². The average molecular weight is 344 g/mol. The van der Waals surface area contributed by atoms with Crippen molar-refractivity contribution < 1.29 is 19.1 Å². The maximum atomic E-state index is 12.4. The summed E-state index contributed by atoms with van der Waals surface area (Å²) in [5.41, 5.74) is 0.247. The van der Waals surface area contributed by atoms with Gasteiger partial charge in [0.2, 0.25) is 0 Å². The largest absolute Gasteiger partial charge is 0.465 e. The first-order chi connectivity index (χ1) is 10.4. The molecule has 0 radical (unpaired) electrons. The van der Waals surface area contributed by atoms with Crippen LogP contribution in [0.25, 0.3) is 0 Å². The highest BCUT2D eigenvalue weighted by atomic mass is 35.5. The van der Waals surface area contributed by atoms with Crippen LogP contribution in [-0.2, 0) is 14.3 Å². The standard InChI is InChI=1S/C15H15Cl2NO4/c1-2-22-15(21)10-5-6-18(8-13(10)19)14(20)11-7-9(16)3-4-12(11)17/h3-4,7,10H,2,5-6,8H2,1H3. The van der Waals surface area contributed by atoms with Gasteiger partial charge in [0, 0.05) is 11.6 Å². The van der Waals surface area contributed by atoms with Crippen LogP contribution in [0.2, 0.25) is 10.0 Å². The van der Waals surface area contributed by atoms with Gasteiger partial charge in [0.25, 0.3) is 5.91 Å². The van der Waals surface area contributed by atoms with Gasteiger partial charge in [0.1, 0.15) is 5.92 Å². The number of nitrogens with zero attached hydrogens (tertiary/aromatic N) is 1. The molecule has 0 bridgehead atoms. The molecule has 1 saturated heterocycles. The van der Waals surface area contributed by atoms with Gasteiger partial charge in [-0.3, -0.25) is 14.4 Å². The molecule has 1 aliphatic heterocycles. The number of halogens is 2. The van der Waals surface area contributed by atoms with E-state index in [2.05, 4.69) is 0 Å². The number of amides is 1. The summed E-state index contributed by atoms with van der Waals surface area (Å²) in [5, 5.41) is 0.662. The second-order valence-electron chi connectivity index (χ2n) is 4.91. The van der Waals surface area contributed by atoms with Crippen LogP contribution in [0, 0.1) is 5.92 Å². The van der Waals surface area contributed by atoms with E-state index in [0.717, 1.165) is 0 Å². The quantitative estimate of drug-likeness (QED) is 0.625. The van der Waals surface area contributed by atoms with Crippen molar-refractivity contribution in [2.24, 2.45) is 5.92 Å². The van der Waals surface area contributed by atoms with Gasteiger partial charge in [-0.15, -0.1) is 0 Å². The van der Waals surface area contributed by atoms with Gasteiger partial charge in [0.15, 0.2) is 5.78 Å². The summed E-state index contributed by atoms with van der Waals surface area (Å²) < 4.78 is 4.87. The summed E-state index contributed by atoms with van der Waals surface area (Å²) in [5.74, 6) is -2.02. The van der Waals surface area contributed by atoms with E-state index in [1.807, 2.05) is 0 Å². The molecule has 7 heteroatoms. The fourth-order valence-electron chi connectivity index (χ4n) is 2.32. The molecular weight excluding hydrogens is 329 g/mol. The molecule has 0 aliphatic carbocycles. The van der Waals surface area contributed by atoms with Gasteiger partial charge in [-0.05, 0) is 31.5 Å². The molecule has 0 saturated carbocycles. The molecule has 1 aromatic carbocycles. The second-order valence-corrected chi connectivity index (χ2v) is 5.75. The number of piperidine rings is 1. The van der Waals surface area contributed by atoms with E-state index >= 15 is 0 Å². The van der Waals surface area contributed by atoms with Gasteiger partial charge in [0.05, 0.1) is 23.7 Å². The van der Waals surface area contributed by atoms with Crippen molar-refractivity contribution in [3.05, 3.63) is 33.8 Å². The zero-order valence-electron chi connectivity index (χ0n) is 12.0. The number of Topliss-reactive ketones (excluding diaryl/α,β-unsaturated/α-hetero) is 1. The number of carbonyl (C=O) groups is 3. The third kappa shape index (κ3) is 3.59.